The van der Waals surface area contributed by atoms with E-state index in [2.05, 4.69) is 31.3 Å². The average molecular weight is 463 g/mol. The molecule has 1 rings (SSSR count). The number of hydrogen-bond donors (Lipinski definition) is 1. The van der Waals surface area contributed by atoms with Crippen LogP contribution in [0.5, 0.6) is 0 Å². The molecule has 0 saturated carbocycles. The van der Waals surface area contributed by atoms with Crippen molar-refractivity contribution in [3.8, 4) is 0 Å². The first kappa shape index (κ1) is 29.9. The predicted octanol–water partition coefficient (Wildman–Crippen LogP) is 7.58. The number of aliphatic imine (C=N–C) groups is 1. The van der Waals surface area contributed by atoms with Gasteiger partial charge >= 0.3 is 0 Å². The van der Waals surface area contributed by atoms with Crippen LogP contribution in [-0.2, 0) is 4.79 Å². The highest BCUT2D eigenvalue weighted by atomic mass is 16.1. The third-order valence-corrected chi connectivity index (χ3v) is 7.31. The van der Waals surface area contributed by atoms with E-state index < -0.39 is 0 Å². The molecular formula is C29H56N3O+. The Labute approximate surface area is 206 Å². The number of allylic oxidation sites excluding steroid dienone is 2. The van der Waals surface area contributed by atoms with E-state index in [0.29, 0.717) is 0 Å². The molecule has 0 spiro atoms. The van der Waals surface area contributed by atoms with Gasteiger partial charge < -0.3 is 5.32 Å². The SMILES string of the molecule is CC/C=C/CCCCCCCCCCCCCCCCC1=NCC[N+]1(CC)CCNC(C)=O. The molecule has 0 aliphatic carbocycles. The Morgan fingerprint density at radius 3 is 1.91 bits per heavy atom. The van der Waals surface area contributed by atoms with Gasteiger partial charge in [0.1, 0.15) is 13.1 Å². The Kier molecular flexibility index (Phi) is 18.3. The third-order valence-electron chi connectivity index (χ3n) is 7.31. The van der Waals surface area contributed by atoms with Crippen molar-refractivity contribution < 1.29 is 9.28 Å². The lowest BCUT2D eigenvalue weighted by molar-refractivity contribution is -0.833. The number of amides is 1. The first-order chi connectivity index (χ1) is 16.1. The monoisotopic (exact) mass is 462 g/mol. The number of amidine groups is 1. The molecule has 1 unspecified atom stereocenters. The van der Waals surface area contributed by atoms with Gasteiger partial charge in [-0.05, 0) is 32.6 Å². The normalized spacial score (nSPS) is 18.2. The minimum Gasteiger partial charge on any atom is -0.351 e. The van der Waals surface area contributed by atoms with E-state index in [4.69, 9.17) is 4.99 Å². The molecule has 0 bridgehead atoms. The summed E-state index contributed by atoms with van der Waals surface area (Å²) in [6, 6.07) is 0. The minimum absolute atomic E-state index is 0.0727. The van der Waals surface area contributed by atoms with E-state index in [1.807, 2.05) is 0 Å². The van der Waals surface area contributed by atoms with Crippen molar-refractivity contribution in [3.63, 3.8) is 0 Å². The number of hydrogen-bond acceptors (Lipinski definition) is 2. The molecule has 0 aromatic heterocycles. The fourth-order valence-corrected chi connectivity index (χ4v) is 5.10. The zero-order chi connectivity index (χ0) is 24.0. The van der Waals surface area contributed by atoms with Crippen molar-refractivity contribution in [3.05, 3.63) is 12.2 Å². The summed E-state index contributed by atoms with van der Waals surface area (Å²) >= 11 is 0. The summed E-state index contributed by atoms with van der Waals surface area (Å²) in [4.78, 5) is 16.0. The van der Waals surface area contributed by atoms with Gasteiger partial charge in [-0.2, -0.15) is 0 Å². The Balaban J connectivity index is 1.91. The van der Waals surface area contributed by atoms with Gasteiger partial charge in [0.2, 0.25) is 5.91 Å². The molecule has 0 radical (unpaired) electrons. The Bertz CT molecular complexity index is 543. The summed E-state index contributed by atoms with van der Waals surface area (Å²) in [5.74, 6) is 1.46. The topological polar surface area (TPSA) is 41.5 Å². The molecule has 4 nitrogen and oxygen atoms in total. The molecule has 192 valence electrons. The summed E-state index contributed by atoms with van der Waals surface area (Å²) in [7, 11) is 0. The van der Waals surface area contributed by atoms with Crippen LogP contribution in [0.1, 0.15) is 130 Å². The van der Waals surface area contributed by atoms with E-state index in [0.717, 1.165) is 43.6 Å². The lowest BCUT2D eigenvalue weighted by Gasteiger charge is -2.33. The van der Waals surface area contributed by atoms with Crippen molar-refractivity contribution in [2.75, 3.05) is 32.7 Å². The zero-order valence-corrected chi connectivity index (χ0v) is 22.5. The summed E-state index contributed by atoms with van der Waals surface area (Å²) in [5, 5.41) is 2.97. The van der Waals surface area contributed by atoms with Gasteiger partial charge in [-0.1, -0.05) is 96.1 Å². The maximum absolute atomic E-state index is 11.2. The molecule has 1 aliphatic rings. The summed E-state index contributed by atoms with van der Waals surface area (Å²) < 4.78 is 0.997. The lowest BCUT2D eigenvalue weighted by atomic mass is 10.0. The Morgan fingerprint density at radius 1 is 0.848 bits per heavy atom. The molecule has 0 saturated heterocycles. The molecular weight excluding hydrogens is 406 g/mol. The maximum Gasteiger partial charge on any atom is 0.217 e. The molecule has 1 amide bonds. The highest BCUT2D eigenvalue weighted by Gasteiger charge is 2.35. The number of nitrogens with one attached hydrogen (secondary N) is 1. The van der Waals surface area contributed by atoms with Crippen molar-refractivity contribution in [2.45, 2.75) is 130 Å². The molecule has 4 heteroatoms. The zero-order valence-electron chi connectivity index (χ0n) is 22.5. The molecule has 33 heavy (non-hydrogen) atoms. The van der Waals surface area contributed by atoms with Gasteiger partial charge in [-0.15, -0.1) is 0 Å². The predicted molar refractivity (Wildman–Crippen MR) is 145 cm³/mol. The Hall–Kier alpha value is -1.16. The quantitative estimate of drug-likeness (QED) is 0.101. The molecule has 1 atom stereocenters. The highest BCUT2D eigenvalue weighted by Crippen LogP contribution is 2.20. The fourth-order valence-electron chi connectivity index (χ4n) is 5.10. The van der Waals surface area contributed by atoms with Crippen molar-refractivity contribution in [1.29, 1.82) is 0 Å². The second-order valence-electron chi connectivity index (χ2n) is 10.1. The van der Waals surface area contributed by atoms with Crippen LogP contribution in [0.3, 0.4) is 0 Å². The lowest BCUT2D eigenvalue weighted by Crippen LogP contribution is -2.54. The number of carbonyl (C=O) groups is 1. The van der Waals surface area contributed by atoms with Crippen LogP contribution in [0.15, 0.2) is 17.1 Å². The summed E-state index contributed by atoms with van der Waals surface area (Å²) in [5.41, 5.74) is 0. The first-order valence-corrected chi connectivity index (χ1v) is 14.4. The Morgan fingerprint density at radius 2 is 1.39 bits per heavy atom. The van der Waals surface area contributed by atoms with Crippen LogP contribution in [-0.4, -0.2) is 48.9 Å². The fraction of sp³-hybridized carbons (Fsp3) is 0.862. The molecule has 0 fully saturated rings. The van der Waals surface area contributed by atoms with Gasteiger partial charge in [0.25, 0.3) is 0 Å². The minimum atomic E-state index is 0.0727. The van der Waals surface area contributed by atoms with Crippen molar-refractivity contribution in [1.82, 2.24) is 5.32 Å². The number of carbonyl (C=O) groups excluding carboxylic acids is 1. The highest BCUT2D eigenvalue weighted by molar-refractivity contribution is 5.77. The number of rotatable bonds is 22. The van der Waals surface area contributed by atoms with E-state index in [-0.39, 0.29) is 5.91 Å². The van der Waals surface area contributed by atoms with Crippen LogP contribution in [0.4, 0.5) is 0 Å². The number of quaternary nitrogens is 1. The summed E-state index contributed by atoms with van der Waals surface area (Å²) in [6.07, 6.45) is 27.9. The van der Waals surface area contributed by atoms with Crippen molar-refractivity contribution in [2.24, 2.45) is 4.99 Å². The van der Waals surface area contributed by atoms with Gasteiger partial charge in [-0.25, -0.2) is 4.99 Å². The maximum atomic E-state index is 11.2. The van der Waals surface area contributed by atoms with Gasteiger partial charge in [-0.3, -0.25) is 9.28 Å². The summed E-state index contributed by atoms with van der Waals surface area (Å²) in [6.45, 7) is 11.0. The second-order valence-corrected chi connectivity index (χ2v) is 10.1. The van der Waals surface area contributed by atoms with Crippen LogP contribution in [0.2, 0.25) is 0 Å². The average Bonchev–Trinajstić information content (AvgIpc) is 3.21. The van der Waals surface area contributed by atoms with Crippen LogP contribution in [0, 0.1) is 0 Å². The largest absolute Gasteiger partial charge is 0.351 e. The second kappa shape index (κ2) is 20.2. The smallest absolute Gasteiger partial charge is 0.217 e. The number of likely N-dealkylation sites (N-methyl/N-ethyl adjacent to an activating group) is 1. The third kappa shape index (κ3) is 14.7. The molecule has 1 aliphatic heterocycles. The van der Waals surface area contributed by atoms with Gasteiger partial charge in [0, 0.05) is 13.3 Å². The molecule has 1 heterocycles. The molecule has 0 aromatic rings. The first-order valence-electron chi connectivity index (χ1n) is 14.4. The van der Waals surface area contributed by atoms with Gasteiger partial charge in [0.15, 0.2) is 5.84 Å². The van der Waals surface area contributed by atoms with E-state index in [9.17, 15) is 4.79 Å². The van der Waals surface area contributed by atoms with Crippen LogP contribution in [0.25, 0.3) is 0 Å². The van der Waals surface area contributed by atoms with E-state index >= 15 is 0 Å². The number of nitrogens with zero attached hydrogens (tertiary/aromatic N) is 2. The van der Waals surface area contributed by atoms with Crippen LogP contribution >= 0.6 is 0 Å². The molecule has 0 aromatic carbocycles. The number of unbranched alkanes of at least 4 members (excludes halogenated alkanes) is 14. The van der Waals surface area contributed by atoms with Crippen LogP contribution < -0.4 is 5.32 Å². The van der Waals surface area contributed by atoms with E-state index in [1.165, 1.54) is 109 Å². The van der Waals surface area contributed by atoms with Gasteiger partial charge in [0.05, 0.1) is 19.6 Å². The van der Waals surface area contributed by atoms with E-state index in [1.54, 1.807) is 6.92 Å². The standard InChI is InChI=1S/C29H55N3O/c1-4-6-7-8-9-10-11-12-13-14-15-16-17-18-19-20-21-22-23-29-31-25-27-32(29,5-2)26-24-30-28(3)33/h6-7H,4-5,8-27H2,1-3H3/p+1/b7-6+. The molecule has 1 N–H and O–H groups in total. The van der Waals surface area contributed by atoms with Crippen molar-refractivity contribution >= 4 is 11.7 Å².